The lowest BCUT2D eigenvalue weighted by Crippen LogP contribution is -2.48. The van der Waals surface area contributed by atoms with Gasteiger partial charge in [-0.05, 0) is 68.6 Å². The van der Waals surface area contributed by atoms with Crippen molar-refractivity contribution < 1.29 is 9.53 Å². The third-order valence-corrected chi connectivity index (χ3v) is 7.44. The van der Waals surface area contributed by atoms with E-state index in [0.29, 0.717) is 25.0 Å². The smallest absolute Gasteiger partial charge is 0.229 e. The van der Waals surface area contributed by atoms with Crippen molar-refractivity contribution in [2.75, 3.05) is 26.3 Å². The van der Waals surface area contributed by atoms with E-state index >= 15 is 0 Å². The van der Waals surface area contributed by atoms with Crippen molar-refractivity contribution in [3.05, 3.63) is 72.3 Å². The number of hydrogen-bond acceptors (Lipinski definition) is 3. The highest BCUT2D eigenvalue weighted by Gasteiger charge is 2.42. The zero-order valence-electron chi connectivity index (χ0n) is 18.8. The van der Waals surface area contributed by atoms with Crippen molar-refractivity contribution in [3.8, 4) is 0 Å². The van der Waals surface area contributed by atoms with Gasteiger partial charge in [0, 0.05) is 44.9 Å². The first-order valence-electron chi connectivity index (χ1n) is 12.1. The summed E-state index contributed by atoms with van der Waals surface area (Å²) in [6.07, 6.45) is 12.7. The Morgan fingerprint density at radius 3 is 2.72 bits per heavy atom. The summed E-state index contributed by atoms with van der Waals surface area (Å²) < 4.78 is 7.80. The Balaban J connectivity index is 1.28. The van der Waals surface area contributed by atoms with Gasteiger partial charge in [0.25, 0.3) is 0 Å². The number of ether oxygens (including phenoxy) is 1. The van der Waals surface area contributed by atoms with Crippen LogP contribution in [0.25, 0.3) is 5.52 Å². The molecule has 2 aromatic heterocycles. The van der Waals surface area contributed by atoms with Crippen LogP contribution < -0.4 is 0 Å². The van der Waals surface area contributed by atoms with Crippen LogP contribution in [-0.4, -0.2) is 46.5 Å². The molecule has 32 heavy (non-hydrogen) atoms. The van der Waals surface area contributed by atoms with E-state index in [1.54, 1.807) is 0 Å². The molecule has 5 nitrogen and oxygen atoms in total. The van der Waals surface area contributed by atoms with E-state index in [0.717, 1.165) is 58.0 Å². The van der Waals surface area contributed by atoms with Gasteiger partial charge in [0.15, 0.2) is 0 Å². The summed E-state index contributed by atoms with van der Waals surface area (Å²) in [6.45, 7) is 3.09. The van der Waals surface area contributed by atoms with E-state index in [4.69, 9.17) is 4.74 Å². The normalized spacial score (nSPS) is 21.4. The Bertz CT molecular complexity index is 1040. The van der Waals surface area contributed by atoms with Gasteiger partial charge < -0.3 is 14.0 Å². The molecular formula is C27H33N3O2. The average Bonchev–Trinajstić information content (AvgIpc) is 3.20. The molecule has 0 N–H and O–H groups in total. The summed E-state index contributed by atoms with van der Waals surface area (Å²) in [5, 5.41) is 0. The van der Waals surface area contributed by atoms with Gasteiger partial charge in [0.05, 0.1) is 16.6 Å². The minimum atomic E-state index is -0.321. The number of nitrogens with zero attached hydrogens (tertiary/aromatic N) is 3. The second-order valence-electron chi connectivity index (χ2n) is 9.52. The zero-order valence-corrected chi connectivity index (χ0v) is 18.8. The molecule has 5 rings (SSSR count). The highest BCUT2D eigenvalue weighted by atomic mass is 16.5. The Labute approximate surface area is 190 Å². The Kier molecular flexibility index (Phi) is 6.26. The highest BCUT2D eigenvalue weighted by Crippen LogP contribution is 2.37. The largest absolute Gasteiger partial charge is 0.381 e. The SMILES string of the molecule is O=C(N1CCC[C@H](Cc2nccn3cccc23)CC1)C1(Cc2ccccc2)CCOCC1. The fourth-order valence-corrected chi connectivity index (χ4v) is 5.58. The van der Waals surface area contributed by atoms with Crippen LogP contribution in [-0.2, 0) is 22.4 Å². The van der Waals surface area contributed by atoms with Crippen LogP contribution in [0.4, 0.5) is 0 Å². The molecule has 168 valence electrons. The van der Waals surface area contributed by atoms with Gasteiger partial charge >= 0.3 is 0 Å². The Morgan fingerprint density at radius 1 is 1.03 bits per heavy atom. The zero-order chi connectivity index (χ0) is 21.8. The number of carbonyl (C=O) groups is 1. The van der Waals surface area contributed by atoms with E-state index in [1.165, 1.54) is 16.8 Å². The topological polar surface area (TPSA) is 46.8 Å². The third-order valence-electron chi connectivity index (χ3n) is 7.44. The molecule has 0 saturated carbocycles. The minimum absolute atomic E-state index is 0.321. The Hall–Kier alpha value is -2.66. The van der Waals surface area contributed by atoms with E-state index in [2.05, 4.69) is 56.9 Å². The summed E-state index contributed by atoms with van der Waals surface area (Å²) >= 11 is 0. The molecule has 0 unspecified atom stereocenters. The number of likely N-dealkylation sites (tertiary alicyclic amines) is 1. The van der Waals surface area contributed by atoms with Crippen molar-refractivity contribution in [1.82, 2.24) is 14.3 Å². The number of rotatable bonds is 5. The maximum atomic E-state index is 13.9. The maximum Gasteiger partial charge on any atom is 0.229 e. The van der Waals surface area contributed by atoms with Crippen LogP contribution in [0.5, 0.6) is 0 Å². The molecule has 5 heteroatoms. The van der Waals surface area contributed by atoms with E-state index < -0.39 is 0 Å². The Morgan fingerprint density at radius 2 is 1.88 bits per heavy atom. The van der Waals surface area contributed by atoms with Crippen LogP contribution in [0.3, 0.4) is 0 Å². The summed E-state index contributed by atoms with van der Waals surface area (Å²) in [4.78, 5) is 20.7. The quantitative estimate of drug-likeness (QED) is 0.596. The molecular weight excluding hydrogens is 398 g/mol. The number of hydrogen-bond donors (Lipinski definition) is 0. The van der Waals surface area contributed by atoms with Gasteiger partial charge in [-0.15, -0.1) is 0 Å². The summed E-state index contributed by atoms with van der Waals surface area (Å²) in [6, 6.07) is 14.7. The van der Waals surface area contributed by atoms with Gasteiger partial charge in [-0.2, -0.15) is 0 Å². The summed E-state index contributed by atoms with van der Waals surface area (Å²) in [5.41, 5.74) is 3.31. The third kappa shape index (κ3) is 4.44. The van der Waals surface area contributed by atoms with Crippen LogP contribution >= 0.6 is 0 Å². The summed E-state index contributed by atoms with van der Waals surface area (Å²) in [7, 11) is 0. The van der Waals surface area contributed by atoms with Crippen molar-refractivity contribution in [3.63, 3.8) is 0 Å². The first-order valence-corrected chi connectivity index (χ1v) is 12.1. The number of aromatic nitrogens is 2. The lowest BCUT2D eigenvalue weighted by Gasteiger charge is -2.40. The lowest BCUT2D eigenvalue weighted by molar-refractivity contribution is -0.148. The second-order valence-corrected chi connectivity index (χ2v) is 9.52. The number of benzene rings is 1. The molecule has 0 aliphatic carbocycles. The van der Waals surface area contributed by atoms with Gasteiger partial charge in [-0.25, -0.2) is 0 Å². The van der Waals surface area contributed by atoms with E-state index in [9.17, 15) is 4.79 Å². The molecule has 0 radical (unpaired) electrons. The van der Waals surface area contributed by atoms with Crippen LogP contribution in [0.2, 0.25) is 0 Å². The molecule has 1 aromatic carbocycles. The fourth-order valence-electron chi connectivity index (χ4n) is 5.58. The number of amides is 1. The molecule has 2 fully saturated rings. The molecule has 0 bridgehead atoms. The minimum Gasteiger partial charge on any atom is -0.381 e. The van der Waals surface area contributed by atoms with Crippen molar-refractivity contribution >= 4 is 11.4 Å². The predicted octanol–water partition coefficient (Wildman–Crippen LogP) is 4.55. The van der Waals surface area contributed by atoms with E-state index in [-0.39, 0.29) is 5.41 Å². The van der Waals surface area contributed by atoms with Crippen molar-refractivity contribution in [2.24, 2.45) is 11.3 Å². The van der Waals surface area contributed by atoms with Crippen LogP contribution in [0, 0.1) is 11.3 Å². The van der Waals surface area contributed by atoms with E-state index in [1.807, 2.05) is 18.5 Å². The fraction of sp³-hybridized carbons (Fsp3) is 0.481. The predicted molar refractivity (Wildman–Crippen MR) is 125 cm³/mol. The van der Waals surface area contributed by atoms with Crippen molar-refractivity contribution in [2.45, 2.75) is 44.9 Å². The molecule has 1 amide bonds. The highest BCUT2D eigenvalue weighted by molar-refractivity contribution is 5.83. The standard InChI is InChI=1S/C27H33N3O2/c31-26(27(11-18-32-19-12-27)21-23-6-2-1-3-7-23)30-15-4-8-22(10-16-30)20-24-25-9-5-14-29(25)17-13-28-24/h1-3,5-7,9,13-14,17,22H,4,8,10-12,15-16,18-21H2/t22-/m0/s1. The van der Waals surface area contributed by atoms with Gasteiger partial charge in [0.1, 0.15) is 0 Å². The molecule has 2 saturated heterocycles. The first-order chi connectivity index (χ1) is 15.7. The maximum absolute atomic E-state index is 13.9. The number of carbonyl (C=O) groups excluding carboxylic acids is 1. The van der Waals surface area contributed by atoms with Gasteiger partial charge in [-0.1, -0.05) is 30.3 Å². The van der Waals surface area contributed by atoms with Crippen LogP contribution in [0.1, 0.15) is 43.4 Å². The molecule has 2 aliphatic rings. The second kappa shape index (κ2) is 9.45. The lowest BCUT2D eigenvalue weighted by atomic mass is 9.74. The van der Waals surface area contributed by atoms with Crippen molar-refractivity contribution in [1.29, 1.82) is 0 Å². The molecule has 0 spiro atoms. The first kappa shape index (κ1) is 21.2. The molecule has 4 heterocycles. The van der Waals surface area contributed by atoms with Gasteiger partial charge in [-0.3, -0.25) is 9.78 Å². The van der Waals surface area contributed by atoms with Crippen LogP contribution in [0.15, 0.2) is 61.1 Å². The molecule has 2 aliphatic heterocycles. The number of fused-ring (bicyclic) bond motifs is 1. The van der Waals surface area contributed by atoms with Gasteiger partial charge in [0.2, 0.25) is 5.91 Å². The monoisotopic (exact) mass is 431 g/mol. The summed E-state index contributed by atoms with van der Waals surface area (Å²) in [5.74, 6) is 0.915. The molecule has 3 aromatic rings. The molecule has 1 atom stereocenters. The average molecular weight is 432 g/mol.